The van der Waals surface area contributed by atoms with Crippen LogP contribution in [0.5, 0.6) is 11.5 Å². The quantitative estimate of drug-likeness (QED) is 0.733. The van der Waals surface area contributed by atoms with Crippen LogP contribution in [0.2, 0.25) is 0 Å². The Kier molecular flexibility index (Phi) is 6.95. The number of rotatable bonds is 8. The zero-order valence-corrected chi connectivity index (χ0v) is 14.2. The number of hydrogen-bond acceptors (Lipinski definition) is 3. The lowest BCUT2D eigenvalue weighted by Crippen LogP contribution is -2.38. The Labute approximate surface area is 143 Å². The fourth-order valence-electron chi connectivity index (χ4n) is 2.25. The van der Waals surface area contributed by atoms with Crippen LogP contribution in [0.25, 0.3) is 0 Å². The zero-order valence-electron chi connectivity index (χ0n) is 14.2. The van der Waals surface area contributed by atoms with Gasteiger partial charge in [-0.15, -0.1) is 0 Å². The van der Waals surface area contributed by atoms with Gasteiger partial charge in [0.2, 0.25) is 0 Å². The molecule has 0 aliphatic carbocycles. The standard InChI is InChI=1S/C19H24N2O3/c1-15-5-3-8-18(13-15)24-12-11-21-19(22)20-10-9-16-6-4-7-17(14-16)23-2/h3-8,13-14H,9-12H2,1-2H3,(H2,20,21,22). The molecule has 2 N–H and O–H groups in total. The van der Waals surface area contributed by atoms with Gasteiger partial charge in [-0.1, -0.05) is 24.3 Å². The summed E-state index contributed by atoms with van der Waals surface area (Å²) in [7, 11) is 1.64. The molecule has 0 aliphatic rings. The first-order valence-corrected chi connectivity index (χ1v) is 8.01. The summed E-state index contributed by atoms with van der Waals surface area (Å²) in [5.41, 5.74) is 2.27. The Morgan fingerprint density at radius 2 is 1.75 bits per heavy atom. The summed E-state index contributed by atoms with van der Waals surface area (Å²) in [5.74, 6) is 1.64. The van der Waals surface area contributed by atoms with E-state index < -0.39 is 0 Å². The molecule has 0 bridgehead atoms. The third kappa shape index (κ3) is 6.20. The normalized spacial score (nSPS) is 10.1. The molecule has 0 heterocycles. The summed E-state index contributed by atoms with van der Waals surface area (Å²) in [4.78, 5) is 11.7. The van der Waals surface area contributed by atoms with Crippen LogP contribution in [-0.4, -0.2) is 32.8 Å². The molecule has 2 aromatic carbocycles. The Hall–Kier alpha value is -2.69. The molecule has 2 rings (SSSR count). The summed E-state index contributed by atoms with van der Waals surface area (Å²) in [6, 6.07) is 15.5. The van der Waals surface area contributed by atoms with Crippen LogP contribution in [0.3, 0.4) is 0 Å². The summed E-state index contributed by atoms with van der Waals surface area (Å²) in [6.45, 7) is 3.48. The Morgan fingerprint density at radius 1 is 1.00 bits per heavy atom. The van der Waals surface area contributed by atoms with Gasteiger partial charge in [-0.05, 0) is 48.7 Å². The molecule has 0 radical (unpaired) electrons. The molecule has 0 atom stereocenters. The largest absolute Gasteiger partial charge is 0.497 e. The first kappa shape index (κ1) is 17.7. The predicted octanol–water partition coefficient (Wildman–Crippen LogP) is 2.92. The molecule has 0 spiro atoms. The number of hydrogen-bond donors (Lipinski definition) is 2. The van der Waals surface area contributed by atoms with E-state index in [0.717, 1.165) is 29.0 Å². The average Bonchev–Trinajstić information content (AvgIpc) is 2.59. The lowest BCUT2D eigenvalue weighted by Gasteiger charge is -2.10. The Morgan fingerprint density at radius 3 is 2.54 bits per heavy atom. The first-order valence-electron chi connectivity index (χ1n) is 8.01. The van der Waals surface area contributed by atoms with Crippen molar-refractivity contribution in [2.45, 2.75) is 13.3 Å². The second-order valence-corrected chi connectivity index (χ2v) is 5.45. The minimum atomic E-state index is -0.189. The number of amides is 2. The van der Waals surface area contributed by atoms with Gasteiger partial charge in [-0.2, -0.15) is 0 Å². The fraction of sp³-hybridized carbons (Fsp3) is 0.316. The molecule has 2 amide bonds. The number of carbonyl (C=O) groups is 1. The van der Waals surface area contributed by atoms with Crippen molar-refractivity contribution in [2.75, 3.05) is 26.8 Å². The van der Waals surface area contributed by atoms with E-state index in [9.17, 15) is 4.79 Å². The molecular formula is C19H24N2O3. The lowest BCUT2D eigenvalue weighted by atomic mass is 10.1. The smallest absolute Gasteiger partial charge is 0.314 e. The Bertz CT molecular complexity index is 659. The van der Waals surface area contributed by atoms with Gasteiger partial charge >= 0.3 is 6.03 Å². The van der Waals surface area contributed by atoms with Gasteiger partial charge in [0, 0.05) is 6.54 Å². The molecule has 5 nitrogen and oxygen atoms in total. The maximum absolute atomic E-state index is 11.7. The van der Waals surface area contributed by atoms with Crippen LogP contribution in [-0.2, 0) is 6.42 Å². The van der Waals surface area contributed by atoms with Gasteiger partial charge in [0.15, 0.2) is 0 Å². The molecule has 24 heavy (non-hydrogen) atoms. The maximum Gasteiger partial charge on any atom is 0.314 e. The van der Waals surface area contributed by atoms with Crippen molar-refractivity contribution in [3.05, 3.63) is 59.7 Å². The third-order valence-corrected chi connectivity index (χ3v) is 3.48. The van der Waals surface area contributed by atoms with E-state index in [0.29, 0.717) is 19.7 Å². The van der Waals surface area contributed by atoms with Gasteiger partial charge in [0.05, 0.1) is 13.7 Å². The van der Waals surface area contributed by atoms with E-state index >= 15 is 0 Å². The van der Waals surface area contributed by atoms with Gasteiger partial charge in [0.1, 0.15) is 18.1 Å². The number of benzene rings is 2. The molecule has 2 aromatic rings. The summed E-state index contributed by atoms with van der Waals surface area (Å²) < 4.78 is 10.8. The number of urea groups is 1. The molecule has 0 fully saturated rings. The van der Waals surface area contributed by atoms with Gasteiger partial charge in [-0.25, -0.2) is 4.79 Å². The molecule has 0 aromatic heterocycles. The predicted molar refractivity (Wildman–Crippen MR) is 94.8 cm³/mol. The minimum Gasteiger partial charge on any atom is -0.497 e. The van der Waals surface area contributed by atoms with Gasteiger partial charge in [-0.3, -0.25) is 0 Å². The second kappa shape index (κ2) is 9.45. The number of aryl methyl sites for hydroxylation is 1. The number of nitrogens with one attached hydrogen (secondary N) is 2. The monoisotopic (exact) mass is 328 g/mol. The van der Waals surface area contributed by atoms with E-state index in [4.69, 9.17) is 9.47 Å². The number of ether oxygens (including phenoxy) is 2. The average molecular weight is 328 g/mol. The number of methoxy groups -OCH3 is 1. The maximum atomic E-state index is 11.7. The molecule has 0 saturated carbocycles. The van der Waals surface area contributed by atoms with Gasteiger partial charge in [0.25, 0.3) is 0 Å². The highest BCUT2D eigenvalue weighted by Crippen LogP contribution is 2.13. The van der Waals surface area contributed by atoms with E-state index in [1.807, 2.05) is 55.5 Å². The molecule has 128 valence electrons. The van der Waals surface area contributed by atoms with Crippen molar-refractivity contribution in [1.82, 2.24) is 10.6 Å². The van der Waals surface area contributed by atoms with E-state index in [2.05, 4.69) is 10.6 Å². The molecule has 0 unspecified atom stereocenters. The molecule has 5 heteroatoms. The van der Waals surface area contributed by atoms with E-state index in [1.165, 1.54) is 0 Å². The third-order valence-electron chi connectivity index (χ3n) is 3.48. The van der Waals surface area contributed by atoms with E-state index in [1.54, 1.807) is 7.11 Å². The van der Waals surface area contributed by atoms with E-state index in [-0.39, 0.29) is 6.03 Å². The SMILES string of the molecule is COc1cccc(CCNC(=O)NCCOc2cccc(C)c2)c1. The van der Waals surface area contributed by atoms with Crippen molar-refractivity contribution >= 4 is 6.03 Å². The molecular weight excluding hydrogens is 304 g/mol. The number of carbonyl (C=O) groups excluding carboxylic acids is 1. The first-order chi connectivity index (χ1) is 11.7. The summed E-state index contributed by atoms with van der Waals surface area (Å²) in [5, 5.41) is 5.61. The van der Waals surface area contributed by atoms with Crippen LogP contribution in [0.1, 0.15) is 11.1 Å². The highest BCUT2D eigenvalue weighted by Gasteiger charge is 2.01. The fourth-order valence-corrected chi connectivity index (χ4v) is 2.25. The molecule has 0 aliphatic heterocycles. The highest BCUT2D eigenvalue weighted by atomic mass is 16.5. The van der Waals surface area contributed by atoms with Crippen molar-refractivity contribution in [1.29, 1.82) is 0 Å². The zero-order chi connectivity index (χ0) is 17.2. The second-order valence-electron chi connectivity index (χ2n) is 5.45. The van der Waals surface area contributed by atoms with Crippen LogP contribution < -0.4 is 20.1 Å². The highest BCUT2D eigenvalue weighted by molar-refractivity contribution is 5.73. The Balaban J connectivity index is 1.59. The van der Waals surface area contributed by atoms with Gasteiger partial charge < -0.3 is 20.1 Å². The van der Waals surface area contributed by atoms with Crippen molar-refractivity contribution < 1.29 is 14.3 Å². The van der Waals surface area contributed by atoms with Crippen LogP contribution in [0.15, 0.2) is 48.5 Å². The van der Waals surface area contributed by atoms with Crippen LogP contribution >= 0.6 is 0 Å². The molecule has 0 saturated heterocycles. The minimum absolute atomic E-state index is 0.189. The van der Waals surface area contributed by atoms with Crippen molar-refractivity contribution in [3.63, 3.8) is 0 Å². The van der Waals surface area contributed by atoms with Crippen LogP contribution in [0.4, 0.5) is 4.79 Å². The summed E-state index contributed by atoms with van der Waals surface area (Å²) >= 11 is 0. The topological polar surface area (TPSA) is 59.6 Å². The lowest BCUT2D eigenvalue weighted by molar-refractivity contribution is 0.236. The van der Waals surface area contributed by atoms with Crippen LogP contribution in [0, 0.1) is 6.92 Å². The van der Waals surface area contributed by atoms with Crippen molar-refractivity contribution in [3.8, 4) is 11.5 Å². The van der Waals surface area contributed by atoms with Crippen molar-refractivity contribution in [2.24, 2.45) is 0 Å². The summed E-state index contributed by atoms with van der Waals surface area (Å²) in [6.07, 6.45) is 0.754.